The molecule has 1 aromatic carbocycles. The quantitative estimate of drug-likeness (QED) is 0.388. The molecule has 0 saturated heterocycles. The van der Waals surface area contributed by atoms with Crippen molar-refractivity contribution in [1.82, 2.24) is 0 Å². The fraction of sp³-hybridized carbons (Fsp3) is 0.222. The number of benzene rings is 1. The average Bonchev–Trinajstić information content (AvgIpc) is 2.08. The van der Waals surface area contributed by atoms with Crippen molar-refractivity contribution >= 4 is 17.3 Å². The number of hydrogen-bond donors (Lipinski definition) is 3. The summed E-state index contributed by atoms with van der Waals surface area (Å²) >= 11 is 0. The normalized spacial score (nSPS) is 8.86. The molecule has 0 aliphatic carbocycles. The number of rotatable bonds is 4. The van der Waals surface area contributed by atoms with Gasteiger partial charge in [0.05, 0.1) is 6.42 Å². The fourth-order valence-electron chi connectivity index (χ4n) is 0.915. The number of carboxylic acids is 1. The Balaban J connectivity index is 0. The first-order valence-corrected chi connectivity index (χ1v) is 3.99. The second-order valence-electron chi connectivity index (χ2n) is 2.69. The van der Waals surface area contributed by atoms with Gasteiger partial charge in [-0.15, -0.1) is 0 Å². The summed E-state index contributed by atoms with van der Waals surface area (Å²) in [5.41, 5.74) is 7.06. The van der Waals surface area contributed by atoms with Gasteiger partial charge < -0.3 is 17.6 Å². The van der Waals surface area contributed by atoms with Crippen LogP contribution in [0.3, 0.4) is 0 Å². The molecule has 72 valence electrons. The summed E-state index contributed by atoms with van der Waals surface area (Å²) in [5, 5.41) is 11.3. The zero-order valence-electron chi connectivity index (χ0n) is 9.16. The van der Waals surface area contributed by atoms with Crippen LogP contribution in [0.4, 0.5) is 11.4 Å². The Morgan fingerprint density at radius 1 is 1.43 bits per heavy atom. The van der Waals surface area contributed by atoms with Crippen LogP contribution in [0.5, 0.6) is 0 Å². The molecule has 0 heterocycles. The minimum Gasteiger partial charge on any atom is -1.00 e. The third kappa shape index (κ3) is 4.80. The number of carboxylic acid groups (broad SMARTS) is 1. The van der Waals surface area contributed by atoms with Crippen LogP contribution >= 0.6 is 0 Å². The van der Waals surface area contributed by atoms with Crippen molar-refractivity contribution in [3.05, 3.63) is 24.3 Å². The molecule has 1 aromatic rings. The first-order valence-electron chi connectivity index (χ1n) is 3.99. The maximum absolute atomic E-state index is 10.2. The van der Waals surface area contributed by atoms with Gasteiger partial charge in [-0.1, -0.05) is 0 Å². The minimum atomic E-state index is -0.803. The van der Waals surface area contributed by atoms with Crippen LogP contribution in [0, 0.1) is 0 Å². The largest absolute Gasteiger partial charge is 1.00 e. The van der Waals surface area contributed by atoms with Gasteiger partial charge in [-0.05, 0) is 24.3 Å². The molecule has 14 heavy (non-hydrogen) atoms. The Labute approximate surface area is 96.2 Å². The molecular formula is C9H13LiN2O2. The number of carbonyl (C=O) groups is 1. The fourth-order valence-corrected chi connectivity index (χ4v) is 0.915. The number of nitrogens with one attached hydrogen (secondary N) is 1. The molecule has 4 nitrogen and oxygen atoms in total. The van der Waals surface area contributed by atoms with Gasteiger partial charge in [-0.2, -0.15) is 0 Å². The predicted octanol–water partition coefficient (Wildman–Crippen LogP) is -1.73. The van der Waals surface area contributed by atoms with E-state index in [0.29, 0.717) is 12.2 Å². The molecule has 0 atom stereocenters. The Morgan fingerprint density at radius 2 is 2.00 bits per heavy atom. The molecule has 0 bridgehead atoms. The predicted molar refractivity (Wildman–Crippen MR) is 52.7 cm³/mol. The number of hydrogen-bond acceptors (Lipinski definition) is 3. The van der Waals surface area contributed by atoms with E-state index >= 15 is 0 Å². The summed E-state index contributed by atoms with van der Waals surface area (Å²) in [6.07, 6.45) is 0.115. The van der Waals surface area contributed by atoms with Crippen molar-refractivity contribution in [3.63, 3.8) is 0 Å². The van der Waals surface area contributed by atoms with Crippen molar-refractivity contribution in [3.8, 4) is 0 Å². The third-order valence-corrected chi connectivity index (χ3v) is 1.58. The first kappa shape index (κ1) is 12.9. The van der Waals surface area contributed by atoms with Crippen molar-refractivity contribution in [2.45, 2.75) is 6.42 Å². The van der Waals surface area contributed by atoms with Gasteiger partial charge in [0.2, 0.25) is 0 Å². The SMILES string of the molecule is Nc1ccc(NCCC(=O)O)cc1.[H-].[Li+]. The van der Waals surface area contributed by atoms with Gasteiger partial charge in [0, 0.05) is 17.9 Å². The molecule has 0 aromatic heterocycles. The van der Waals surface area contributed by atoms with E-state index in [1.54, 1.807) is 12.1 Å². The van der Waals surface area contributed by atoms with E-state index in [-0.39, 0.29) is 26.7 Å². The van der Waals surface area contributed by atoms with E-state index in [1.165, 1.54) is 0 Å². The van der Waals surface area contributed by atoms with Gasteiger partial charge in [0.15, 0.2) is 0 Å². The van der Waals surface area contributed by atoms with Gasteiger partial charge in [0.25, 0.3) is 0 Å². The van der Waals surface area contributed by atoms with Crippen LogP contribution in [0.25, 0.3) is 0 Å². The first-order chi connectivity index (χ1) is 6.18. The molecule has 0 spiro atoms. The maximum atomic E-state index is 10.2. The standard InChI is InChI=1S/C9H12N2O2.Li.H/c10-7-1-3-8(4-2-7)11-6-5-9(12)13;;/h1-4,11H,5-6,10H2,(H,12,13);;/q;+1;-1. The van der Waals surface area contributed by atoms with Crippen LogP contribution in [-0.4, -0.2) is 17.6 Å². The monoisotopic (exact) mass is 188 g/mol. The van der Waals surface area contributed by atoms with E-state index in [9.17, 15) is 4.79 Å². The third-order valence-electron chi connectivity index (χ3n) is 1.58. The Kier molecular flexibility index (Phi) is 5.85. The Hall–Kier alpha value is -1.11. The maximum Gasteiger partial charge on any atom is 1.00 e. The summed E-state index contributed by atoms with van der Waals surface area (Å²) in [6.45, 7) is 0.430. The van der Waals surface area contributed by atoms with Crippen molar-refractivity contribution in [2.75, 3.05) is 17.6 Å². The van der Waals surface area contributed by atoms with Crippen molar-refractivity contribution < 1.29 is 30.2 Å². The van der Waals surface area contributed by atoms with Crippen LogP contribution in [-0.2, 0) is 4.79 Å². The van der Waals surface area contributed by atoms with Crippen LogP contribution < -0.4 is 29.9 Å². The molecule has 5 heteroatoms. The van der Waals surface area contributed by atoms with Crippen molar-refractivity contribution in [2.24, 2.45) is 0 Å². The zero-order chi connectivity index (χ0) is 9.68. The minimum absolute atomic E-state index is 0. The molecule has 0 fully saturated rings. The molecule has 4 N–H and O–H groups in total. The van der Waals surface area contributed by atoms with E-state index in [2.05, 4.69) is 5.32 Å². The number of aliphatic carboxylic acids is 1. The van der Waals surface area contributed by atoms with E-state index in [1.807, 2.05) is 12.1 Å². The molecule has 0 radical (unpaired) electrons. The van der Waals surface area contributed by atoms with Gasteiger partial charge in [0.1, 0.15) is 0 Å². The zero-order valence-corrected chi connectivity index (χ0v) is 8.16. The second kappa shape index (κ2) is 6.36. The van der Waals surface area contributed by atoms with Gasteiger partial charge in [-0.25, -0.2) is 0 Å². The van der Waals surface area contributed by atoms with E-state index in [0.717, 1.165) is 5.69 Å². The number of nitrogen functional groups attached to an aromatic ring is 1. The van der Waals surface area contributed by atoms with E-state index < -0.39 is 5.97 Å². The number of anilines is 2. The molecule has 1 rings (SSSR count). The molecule has 0 saturated carbocycles. The summed E-state index contributed by atoms with van der Waals surface area (Å²) in [7, 11) is 0. The molecule has 0 aliphatic rings. The van der Waals surface area contributed by atoms with Crippen LogP contribution in [0.15, 0.2) is 24.3 Å². The molecule has 0 amide bonds. The smallest absolute Gasteiger partial charge is 1.00 e. The molecular weight excluding hydrogens is 175 g/mol. The van der Waals surface area contributed by atoms with Gasteiger partial charge >= 0.3 is 24.8 Å². The molecule has 0 aliphatic heterocycles. The topological polar surface area (TPSA) is 75.3 Å². The number of nitrogens with two attached hydrogens (primary N) is 1. The van der Waals surface area contributed by atoms with Crippen LogP contribution in [0.2, 0.25) is 0 Å². The Bertz CT molecular complexity index is 293. The van der Waals surface area contributed by atoms with E-state index in [4.69, 9.17) is 10.8 Å². The Morgan fingerprint density at radius 3 is 2.50 bits per heavy atom. The average molecular weight is 188 g/mol. The summed E-state index contributed by atoms with van der Waals surface area (Å²) in [4.78, 5) is 10.2. The summed E-state index contributed by atoms with van der Waals surface area (Å²) < 4.78 is 0. The van der Waals surface area contributed by atoms with Crippen molar-refractivity contribution in [1.29, 1.82) is 0 Å². The van der Waals surface area contributed by atoms with Gasteiger partial charge in [-0.3, -0.25) is 4.79 Å². The second-order valence-corrected chi connectivity index (χ2v) is 2.69. The molecule has 0 unspecified atom stereocenters. The summed E-state index contributed by atoms with van der Waals surface area (Å²) in [5.74, 6) is -0.803. The van der Waals surface area contributed by atoms with Crippen LogP contribution in [0.1, 0.15) is 7.85 Å². The summed E-state index contributed by atoms with van der Waals surface area (Å²) in [6, 6.07) is 7.17.